The molecular weight excluding hydrogens is 250 g/mol. The molecule has 2 aromatic rings. The number of fused-ring (bicyclic) bond motifs is 3. The maximum Gasteiger partial charge on any atom is 0.257 e. The highest BCUT2D eigenvalue weighted by Gasteiger charge is 2.54. The van der Waals surface area contributed by atoms with Gasteiger partial charge in [0, 0.05) is 11.1 Å². The van der Waals surface area contributed by atoms with E-state index in [-0.39, 0.29) is 11.9 Å². The van der Waals surface area contributed by atoms with Crippen molar-refractivity contribution >= 4 is 5.91 Å². The van der Waals surface area contributed by atoms with Gasteiger partial charge in [0.05, 0.1) is 12.6 Å². The number of amides is 1. The van der Waals surface area contributed by atoms with Crippen molar-refractivity contribution in [3.05, 3.63) is 71.3 Å². The van der Waals surface area contributed by atoms with Crippen LogP contribution in [0.15, 0.2) is 54.6 Å². The first-order valence-corrected chi connectivity index (χ1v) is 6.84. The third kappa shape index (κ3) is 1.36. The zero-order valence-corrected chi connectivity index (χ0v) is 11.2. The minimum Gasteiger partial charge on any atom is -0.349 e. The Hall–Kier alpha value is -2.13. The van der Waals surface area contributed by atoms with Crippen LogP contribution in [-0.2, 0) is 10.5 Å². The summed E-state index contributed by atoms with van der Waals surface area (Å²) in [6.45, 7) is 2.53. The van der Waals surface area contributed by atoms with Crippen molar-refractivity contribution in [1.29, 1.82) is 0 Å². The quantitative estimate of drug-likeness (QED) is 0.793. The smallest absolute Gasteiger partial charge is 0.257 e. The van der Waals surface area contributed by atoms with Crippen molar-refractivity contribution < 1.29 is 9.53 Å². The molecule has 2 atom stereocenters. The van der Waals surface area contributed by atoms with Gasteiger partial charge in [-0.05, 0) is 18.6 Å². The molecule has 0 spiro atoms. The molecule has 0 N–H and O–H groups in total. The minimum absolute atomic E-state index is 0.0129. The lowest BCUT2D eigenvalue weighted by Crippen LogP contribution is -2.38. The summed E-state index contributed by atoms with van der Waals surface area (Å²) in [5, 5.41) is 0. The van der Waals surface area contributed by atoms with E-state index in [9.17, 15) is 4.79 Å². The second kappa shape index (κ2) is 3.93. The van der Waals surface area contributed by atoms with Crippen LogP contribution in [0.5, 0.6) is 0 Å². The van der Waals surface area contributed by atoms with Crippen LogP contribution >= 0.6 is 0 Å². The highest BCUT2D eigenvalue weighted by molar-refractivity contribution is 6.00. The molecule has 100 valence electrons. The van der Waals surface area contributed by atoms with Gasteiger partial charge in [-0.15, -0.1) is 0 Å². The molecule has 0 unspecified atom stereocenters. The van der Waals surface area contributed by atoms with Crippen molar-refractivity contribution in [3.63, 3.8) is 0 Å². The van der Waals surface area contributed by atoms with Crippen LogP contribution < -0.4 is 0 Å². The van der Waals surface area contributed by atoms with Gasteiger partial charge in [-0.3, -0.25) is 9.69 Å². The Morgan fingerprint density at radius 2 is 1.80 bits per heavy atom. The molecule has 0 saturated carbocycles. The molecular formula is C17H15NO2. The summed E-state index contributed by atoms with van der Waals surface area (Å²) in [5.41, 5.74) is 2.23. The Balaban J connectivity index is 1.84. The van der Waals surface area contributed by atoms with Crippen molar-refractivity contribution in [1.82, 2.24) is 4.90 Å². The summed E-state index contributed by atoms with van der Waals surface area (Å²) < 4.78 is 6.03. The lowest BCUT2D eigenvalue weighted by molar-refractivity contribution is -0.0511. The predicted molar refractivity (Wildman–Crippen MR) is 75.1 cm³/mol. The molecule has 0 bridgehead atoms. The van der Waals surface area contributed by atoms with Crippen molar-refractivity contribution in [2.75, 3.05) is 6.61 Å². The lowest BCUT2D eigenvalue weighted by Gasteiger charge is -2.30. The molecule has 0 aromatic heterocycles. The normalized spacial score (nSPS) is 27.6. The van der Waals surface area contributed by atoms with Crippen molar-refractivity contribution in [2.24, 2.45) is 0 Å². The molecule has 2 aliphatic heterocycles. The Kier molecular flexibility index (Phi) is 2.30. The van der Waals surface area contributed by atoms with E-state index in [0.29, 0.717) is 6.61 Å². The molecule has 2 heterocycles. The minimum atomic E-state index is -0.631. The third-order valence-electron chi connectivity index (χ3n) is 4.35. The number of carbonyl (C=O) groups excluding carboxylic acids is 1. The number of carbonyl (C=O) groups is 1. The van der Waals surface area contributed by atoms with Gasteiger partial charge in [0.2, 0.25) is 0 Å². The van der Waals surface area contributed by atoms with E-state index in [1.807, 2.05) is 54.3 Å². The molecule has 2 aromatic carbocycles. The molecule has 0 aliphatic carbocycles. The van der Waals surface area contributed by atoms with Crippen LogP contribution in [0.25, 0.3) is 0 Å². The fraction of sp³-hybridized carbons (Fsp3) is 0.235. The van der Waals surface area contributed by atoms with Gasteiger partial charge in [-0.2, -0.15) is 0 Å². The first kappa shape index (κ1) is 11.7. The van der Waals surface area contributed by atoms with Crippen LogP contribution in [0.1, 0.15) is 34.5 Å². The van der Waals surface area contributed by atoms with Crippen LogP contribution in [0.2, 0.25) is 0 Å². The summed E-state index contributed by atoms with van der Waals surface area (Å²) in [6.07, 6.45) is 0. The zero-order valence-electron chi connectivity index (χ0n) is 11.2. The number of hydrogen-bond acceptors (Lipinski definition) is 2. The van der Waals surface area contributed by atoms with Crippen molar-refractivity contribution in [3.8, 4) is 0 Å². The second-order valence-corrected chi connectivity index (χ2v) is 5.44. The van der Waals surface area contributed by atoms with Gasteiger partial charge in [-0.1, -0.05) is 48.5 Å². The van der Waals surface area contributed by atoms with Gasteiger partial charge in [0.1, 0.15) is 0 Å². The summed E-state index contributed by atoms with van der Waals surface area (Å²) in [5.74, 6) is 0.0643. The van der Waals surface area contributed by atoms with E-state index in [0.717, 1.165) is 16.7 Å². The van der Waals surface area contributed by atoms with Gasteiger partial charge in [0.15, 0.2) is 5.72 Å². The summed E-state index contributed by atoms with van der Waals surface area (Å²) in [7, 11) is 0. The molecule has 2 aliphatic rings. The zero-order chi connectivity index (χ0) is 13.7. The molecule has 0 radical (unpaired) electrons. The number of ether oxygens (including phenoxy) is 1. The van der Waals surface area contributed by atoms with E-state index in [4.69, 9.17) is 4.74 Å². The topological polar surface area (TPSA) is 29.5 Å². The average molecular weight is 265 g/mol. The average Bonchev–Trinajstić information content (AvgIpc) is 2.95. The predicted octanol–water partition coefficient (Wildman–Crippen LogP) is 3.09. The molecule has 3 nitrogen and oxygen atoms in total. The van der Waals surface area contributed by atoms with Gasteiger partial charge >= 0.3 is 0 Å². The first-order chi connectivity index (χ1) is 9.72. The Morgan fingerprint density at radius 1 is 1.10 bits per heavy atom. The first-order valence-electron chi connectivity index (χ1n) is 6.84. The number of nitrogens with zero attached hydrogens (tertiary/aromatic N) is 1. The Bertz CT molecular complexity index is 682. The maximum absolute atomic E-state index is 12.7. The number of hydrogen-bond donors (Lipinski definition) is 0. The monoisotopic (exact) mass is 265 g/mol. The molecule has 1 fully saturated rings. The van der Waals surface area contributed by atoms with Gasteiger partial charge in [-0.25, -0.2) is 0 Å². The molecule has 1 saturated heterocycles. The third-order valence-corrected chi connectivity index (χ3v) is 4.35. The maximum atomic E-state index is 12.7. The number of rotatable bonds is 1. The van der Waals surface area contributed by atoms with E-state index in [1.165, 1.54) is 0 Å². The molecule has 3 heteroatoms. The molecule has 1 amide bonds. The highest BCUT2D eigenvalue weighted by atomic mass is 16.5. The summed E-state index contributed by atoms with van der Waals surface area (Å²) >= 11 is 0. The van der Waals surface area contributed by atoms with Gasteiger partial charge < -0.3 is 4.74 Å². The van der Waals surface area contributed by atoms with Gasteiger partial charge in [0.25, 0.3) is 5.91 Å². The summed E-state index contributed by atoms with van der Waals surface area (Å²) in [4.78, 5) is 14.6. The van der Waals surface area contributed by atoms with E-state index < -0.39 is 5.72 Å². The summed E-state index contributed by atoms with van der Waals surface area (Å²) in [6, 6.07) is 17.8. The number of benzene rings is 2. The van der Waals surface area contributed by atoms with Crippen LogP contribution in [0.3, 0.4) is 0 Å². The van der Waals surface area contributed by atoms with E-state index in [1.54, 1.807) is 0 Å². The van der Waals surface area contributed by atoms with Crippen LogP contribution in [0, 0.1) is 0 Å². The van der Waals surface area contributed by atoms with Crippen LogP contribution in [-0.4, -0.2) is 17.4 Å². The van der Waals surface area contributed by atoms with E-state index >= 15 is 0 Å². The van der Waals surface area contributed by atoms with E-state index in [2.05, 4.69) is 12.1 Å². The standard InChI is InChI=1S/C17H15NO2/c1-17-14-10-6-5-9-13(14)16(19)18(17)15(11-20-17)12-7-3-2-4-8-12/h2-10,15H,11H2,1H3/t15-,17-/m0/s1. The fourth-order valence-corrected chi connectivity index (χ4v) is 3.35. The Morgan fingerprint density at radius 3 is 2.60 bits per heavy atom. The Labute approximate surface area is 117 Å². The highest BCUT2D eigenvalue weighted by Crippen LogP contribution is 2.49. The SMILES string of the molecule is C[C@@]12OC[C@@H](c3ccccc3)N1C(=O)c1ccccc12. The van der Waals surface area contributed by atoms with Crippen molar-refractivity contribution in [2.45, 2.75) is 18.7 Å². The van der Waals surface area contributed by atoms with Crippen LogP contribution in [0.4, 0.5) is 0 Å². The largest absolute Gasteiger partial charge is 0.349 e. The fourth-order valence-electron chi connectivity index (χ4n) is 3.35. The lowest BCUT2D eigenvalue weighted by atomic mass is 10.0. The molecule has 4 rings (SSSR count). The molecule has 20 heavy (non-hydrogen) atoms. The second-order valence-electron chi connectivity index (χ2n) is 5.44.